The molecular weight excluding hydrogens is 160 g/mol. The normalized spacial score (nSPS) is 5.20. The van der Waals surface area contributed by atoms with Crippen molar-refractivity contribution in [1.82, 2.24) is 0 Å². The van der Waals surface area contributed by atoms with E-state index in [1.807, 2.05) is 0 Å². The van der Waals surface area contributed by atoms with Crippen LogP contribution in [0, 0.1) is 0 Å². The Kier molecular flexibility index (Phi) is 10.7. The van der Waals surface area contributed by atoms with E-state index in [9.17, 15) is 4.79 Å². The monoisotopic (exact) mass is 166 g/mol. The number of rotatable bonds is 0. The summed E-state index contributed by atoms with van der Waals surface area (Å²) >= 11 is 3.33. The minimum atomic E-state index is -0.139. The van der Waals surface area contributed by atoms with Gasteiger partial charge < -0.3 is 0 Å². The zero-order valence-electron chi connectivity index (χ0n) is 2.36. The van der Waals surface area contributed by atoms with E-state index in [-0.39, 0.29) is 50.6 Å². The van der Waals surface area contributed by atoms with Gasteiger partial charge in [-0.05, 0) is 0 Å². The summed E-state index contributed by atoms with van der Waals surface area (Å²) < 4.78 is 0. The predicted octanol–water partition coefficient (Wildman–Crippen LogP) is -0.454. The van der Waals surface area contributed by atoms with Gasteiger partial charge in [-0.2, -0.15) is 0 Å². The first-order valence-electron chi connectivity index (χ1n) is 0.928. The van der Waals surface area contributed by atoms with Crippen molar-refractivity contribution in [1.29, 1.82) is 0 Å². The van der Waals surface area contributed by atoms with Crippen molar-refractivity contribution in [3.05, 3.63) is 0 Å². The van der Waals surface area contributed by atoms with Gasteiger partial charge in [-0.1, -0.05) is 0 Å². The van der Waals surface area contributed by atoms with Gasteiger partial charge in [-0.25, -0.2) is 0 Å². The fourth-order valence-corrected chi connectivity index (χ4v) is 0. The van der Waals surface area contributed by atoms with Crippen molar-refractivity contribution in [3.63, 3.8) is 0 Å². The Balaban J connectivity index is 0. The summed E-state index contributed by atoms with van der Waals surface area (Å²) in [6, 6.07) is 0. The first-order valence-corrected chi connectivity index (χ1v) is 1.37. The SMILES string of the molecule is CC(=O)S.[SrH2]. The van der Waals surface area contributed by atoms with Crippen LogP contribution in [-0.4, -0.2) is 50.6 Å². The second-order valence-electron chi connectivity index (χ2n) is 0.519. The topological polar surface area (TPSA) is 17.1 Å². The van der Waals surface area contributed by atoms with Crippen molar-refractivity contribution in [3.8, 4) is 0 Å². The van der Waals surface area contributed by atoms with Crippen LogP contribution < -0.4 is 0 Å². The van der Waals surface area contributed by atoms with Crippen LogP contribution in [0.25, 0.3) is 0 Å². The summed E-state index contributed by atoms with van der Waals surface area (Å²) in [5, 5.41) is -0.139. The fourth-order valence-electron chi connectivity index (χ4n) is 0. The molecule has 0 saturated carbocycles. The average Bonchev–Trinajstić information content (AvgIpc) is 0.811. The first kappa shape index (κ1) is 9.71. The van der Waals surface area contributed by atoms with Gasteiger partial charge in [0.15, 0.2) is 5.12 Å². The molecule has 0 amide bonds. The third-order valence-corrected chi connectivity index (χ3v) is 0. The molecule has 3 heteroatoms. The summed E-state index contributed by atoms with van der Waals surface area (Å²) in [5.41, 5.74) is 0. The Bertz CT molecular complexity index is 32.6. The molecule has 0 aliphatic rings. The molecule has 0 N–H and O–H groups in total. The molecule has 0 aliphatic heterocycles. The third kappa shape index (κ3) is 29.9. The Labute approximate surface area is 73.8 Å². The van der Waals surface area contributed by atoms with Crippen LogP contribution in [0.4, 0.5) is 0 Å². The minimum absolute atomic E-state index is 0. The molecule has 0 saturated heterocycles. The molecule has 0 aliphatic carbocycles. The standard InChI is InChI=1S/C2H4OS.Sr.2H/c1-2(3)4;;;/h1H3,(H,3,4);;;. The first-order chi connectivity index (χ1) is 1.73. The van der Waals surface area contributed by atoms with Crippen molar-refractivity contribution >= 4 is 63.2 Å². The van der Waals surface area contributed by atoms with Crippen LogP contribution in [0.2, 0.25) is 0 Å². The Hall–Kier alpha value is 1.50. The molecule has 0 aromatic rings. The molecule has 0 heterocycles. The van der Waals surface area contributed by atoms with Crippen LogP contribution in [0.5, 0.6) is 0 Å². The average molecular weight is 166 g/mol. The van der Waals surface area contributed by atoms with Crippen LogP contribution in [0.1, 0.15) is 6.92 Å². The van der Waals surface area contributed by atoms with Gasteiger partial charge in [-0.15, -0.1) is 12.6 Å². The third-order valence-electron chi connectivity index (χ3n) is 0. The maximum atomic E-state index is 9.31. The van der Waals surface area contributed by atoms with Crippen LogP contribution in [0.15, 0.2) is 0 Å². The Morgan fingerprint density at radius 1 is 1.80 bits per heavy atom. The van der Waals surface area contributed by atoms with Gasteiger partial charge in [0.1, 0.15) is 0 Å². The van der Waals surface area contributed by atoms with Gasteiger partial charge >= 0.3 is 45.5 Å². The van der Waals surface area contributed by atoms with Crippen LogP contribution in [0.3, 0.4) is 0 Å². The van der Waals surface area contributed by atoms with E-state index < -0.39 is 0 Å². The molecule has 5 heavy (non-hydrogen) atoms. The predicted molar refractivity (Wildman–Crippen MR) is 28.2 cm³/mol. The molecule has 0 fully saturated rings. The summed E-state index contributed by atoms with van der Waals surface area (Å²) in [5.74, 6) is 0. The van der Waals surface area contributed by atoms with Crippen LogP contribution >= 0.6 is 12.6 Å². The number of hydrogen-bond donors (Lipinski definition) is 1. The molecule has 0 spiro atoms. The number of hydrogen-bond acceptors (Lipinski definition) is 1. The van der Waals surface area contributed by atoms with E-state index >= 15 is 0 Å². The van der Waals surface area contributed by atoms with Crippen molar-refractivity contribution < 1.29 is 4.79 Å². The molecule has 0 aromatic carbocycles. The van der Waals surface area contributed by atoms with Gasteiger partial charge in [-0.3, -0.25) is 4.79 Å². The van der Waals surface area contributed by atoms with Crippen molar-refractivity contribution in [2.75, 3.05) is 0 Å². The summed E-state index contributed by atoms with van der Waals surface area (Å²) in [7, 11) is 0. The van der Waals surface area contributed by atoms with Crippen molar-refractivity contribution in [2.24, 2.45) is 0 Å². The fraction of sp³-hybridized carbons (Fsp3) is 0.500. The molecule has 0 unspecified atom stereocenters. The molecule has 1 nitrogen and oxygen atoms in total. The van der Waals surface area contributed by atoms with E-state index in [2.05, 4.69) is 12.6 Å². The molecular formula is C2H6OSSr. The molecule has 0 bridgehead atoms. The van der Waals surface area contributed by atoms with E-state index in [1.165, 1.54) is 6.92 Å². The Morgan fingerprint density at radius 2 is 1.80 bits per heavy atom. The molecule has 0 aromatic heterocycles. The Morgan fingerprint density at radius 3 is 1.80 bits per heavy atom. The molecule has 0 atom stereocenters. The summed E-state index contributed by atoms with van der Waals surface area (Å²) in [6.07, 6.45) is 0. The zero-order chi connectivity index (χ0) is 3.58. The van der Waals surface area contributed by atoms with E-state index in [1.54, 1.807) is 0 Å². The number of carbonyl (C=O) groups excluding carboxylic acids is 1. The molecule has 0 rings (SSSR count). The quantitative estimate of drug-likeness (QED) is 0.380. The zero-order valence-corrected chi connectivity index (χ0v) is 3.25. The van der Waals surface area contributed by atoms with Crippen LogP contribution in [-0.2, 0) is 4.79 Å². The second kappa shape index (κ2) is 5.50. The molecule has 28 valence electrons. The molecule has 0 radical (unpaired) electrons. The van der Waals surface area contributed by atoms with Gasteiger partial charge in [0, 0.05) is 6.92 Å². The second-order valence-corrected chi connectivity index (χ2v) is 1.15. The summed E-state index contributed by atoms with van der Waals surface area (Å²) in [4.78, 5) is 9.31. The summed E-state index contributed by atoms with van der Waals surface area (Å²) in [6.45, 7) is 1.39. The number of carbonyl (C=O) groups is 1. The van der Waals surface area contributed by atoms with E-state index in [0.29, 0.717) is 0 Å². The number of thiol groups is 1. The van der Waals surface area contributed by atoms with Crippen molar-refractivity contribution in [2.45, 2.75) is 6.92 Å². The van der Waals surface area contributed by atoms with E-state index in [0.717, 1.165) is 0 Å². The van der Waals surface area contributed by atoms with Gasteiger partial charge in [0.25, 0.3) is 0 Å². The van der Waals surface area contributed by atoms with Gasteiger partial charge in [0.05, 0.1) is 0 Å². The maximum absolute atomic E-state index is 9.31. The van der Waals surface area contributed by atoms with Gasteiger partial charge in [0.2, 0.25) is 0 Å². The van der Waals surface area contributed by atoms with E-state index in [4.69, 9.17) is 0 Å².